The Morgan fingerprint density at radius 3 is 2.59 bits per heavy atom. The van der Waals surface area contributed by atoms with Gasteiger partial charge in [0.05, 0.1) is 4.92 Å². The van der Waals surface area contributed by atoms with Crippen LogP contribution < -0.4 is 0 Å². The molecule has 0 bridgehead atoms. The molecule has 1 radical (unpaired) electrons. The van der Waals surface area contributed by atoms with Crippen molar-refractivity contribution in [2.24, 2.45) is 0 Å². The summed E-state index contributed by atoms with van der Waals surface area (Å²) in [6.07, 6.45) is 0.610. The first-order chi connectivity index (χ1) is 8.15. The molecule has 0 unspecified atom stereocenters. The highest BCUT2D eigenvalue weighted by Gasteiger charge is 2.06. The van der Waals surface area contributed by atoms with Gasteiger partial charge in [0.15, 0.2) is 0 Å². The zero-order chi connectivity index (χ0) is 12.3. The normalized spacial score (nSPS) is 10.2. The fraction of sp³-hybridized carbons (Fsp3) is 0.0769. The van der Waals surface area contributed by atoms with Crippen LogP contribution in [0.2, 0.25) is 5.02 Å². The van der Waals surface area contributed by atoms with Crippen LogP contribution in [-0.2, 0) is 6.42 Å². The van der Waals surface area contributed by atoms with E-state index >= 15 is 0 Å². The van der Waals surface area contributed by atoms with Crippen molar-refractivity contribution in [2.75, 3.05) is 0 Å². The van der Waals surface area contributed by atoms with Gasteiger partial charge in [-0.1, -0.05) is 23.7 Å². The van der Waals surface area contributed by atoms with Crippen molar-refractivity contribution in [2.45, 2.75) is 6.42 Å². The maximum absolute atomic E-state index is 10.6. The lowest BCUT2D eigenvalue weighted by Crippen LogP contribution is -1.92. The Morgan fingerprint density at radius 2 is 1.94 bits per heavy atom. The topological polar surface area (TPSA) is 43.1 Å². The molecule has 4 heteroatoms. The molecule has 0 aliphatic carbocycles. The Balaban J connectivity index is 2.21. The van der Waals surface area contributed by atoms with Crippen LogP contribution in [0.4, 0.5) is 5.69 Å². The number of nitro benzene ring substituents is 1. The monoisotopic (exact) mass is 246 g/mol. The van der Waals surface area contributed by atoms with Crippen LogP contribution in [0, 0.1) is 16.2 Å². The van der Waals surface area contributed by atoms with Gasteiger partial charge >= 0.3 is 0 Å². The number of hydrogen-bond acceptors (Lipinski definition) is 2. The number of non-ortho nitro benzene ring substituents is 1. The van der Waals surface area contributed by atoms with E-state index in [0.29, 0.717) is 11.4 Å². The van der Waals surface area contributed by atoms with Crippen LogP contribution in [-0.4, -0.2) is 4.92 Å². The number of benzene rings is 2. The quantitative estimate of drug-likeness (QED) is 0.613. The Bertz CT molecular complexity index is 537. The molecule has 0 amide bonds. The van der Waals surface area contributed by atoms with Crippen LogP contribution in [0.15, 0.2) is 42.5 Å². The predicted octanol–water partition coefficient (Wildman–Crippen LogP) is 3.64. The fourth-order valence-electron chi connectivity index (χ4n) is 1.54. The lowest BCUT2D eigenvalue weighted by atomic mass is 10.0. The van der Waals surface area contributed by atoms with E-state index in [4.69, 9.17) is 11.6 Å². The molecular weight excluding hydrogens is 238 g/mol. The second-order valence-electron chi connectivity index (χ2n) is 3.63. The van der Waals surface area contributed by atoms with Crippen molar-refractivity contribution in [3.05, 3.63) is 74.8 Å². The molecule has 0 aliphatic rings. The summed E-state index contributed by atoms with van der Waals surface area (Å²) in [5.41, 5.74) is 1.93. The van der Waals surface area contributed by atoms with Gasteiger partial charge in [-0.05, 0) is 41.8 Å². The van der Waals surface area contributed by atoms with E-state index in [1.807, 2.05) is 12.1 Å². The van der Waals surface area contributed by atoms with Crippen molar-refractivity contribution in [1.82, 2.24) is 0 Å². The summed E-state index contributed by atoms with van der Waals surface area (Å²) >= 11 is 5.78. The maximum Gasteiger partial charge on any atom is 0.269 e. The second kappa shape index (κ2) is 4.97. The summed E-state index contributed by atoms with van der Waals surface area (Å²) in [6.45, 7) is 0. The number of hydrogen-bond donors (Lipinski definition) is 0. The van der Waals surface area contributed by atoms with Crippen LogP contribution in [0.25, 0.3) is 0 Å². The molecule has 0 saturated carbocycles. The lowest BCUT2D eigenvalue weighted by Gasteiger charge is -2.01. The molecule has 0 heterocycles. The van der Waals surface area contributed by atoms with Crippen molar-refractivity contribution in [3.63, 3.8) is 0 Å². The molecule has 3 nitrogen and oxygen atoms in total. The number of rotatable bonds is 3. The Morgan fingerprint density at radius 1 is 1.24 bits per heavy atom. The van der Waals surface area contributed by atoms with Crippen LogP contribution in [0.5, 0.6) is 0 Å². The van der Waals surface area contributed by atoms with E-state index in [9.17, 15) is 10.1 Å². The summed E-state index contributed by atoms with van der Waals surface area (Å²) in [6, 6.07) is 14.9. The number of nitrogens with zero attached hydrogens (tertiary/aromatic N) is 1. The summed E-state index contributed by atoms with van der Waals surface area (Å²) in [7, 11) is 0. The molecule has 0 spiro atoms. The van der Waals surface area contributed by atoms with Crippen molar-refractivity contribution in [3.8, 4) is 0 Å². The molecule has 0 aliphatic heterocycles. The van der Waals surface area contributed by atoms with E-state index in [0.717, 1.165) is 11.1 Å². The highest BCUT2D eigenvalue weighted by atomic mass is 35.5. The fourth-order valence-corrected chi connectivity index (χ4v) is 1.67. The maximum atomic E-state index is 10.6. The average molecular weight is 247 g/mol. The molecule has 2 rings (SSSR count). The molecule has 0 aromatic heterocycles. The molecular formula is C13H9ClNO2. The largest absolute Gasteiger partial charge is 0.269 e. The highest BCUT2D eigenvalue weighted by molar-refractivity contribution is 6.30. The molecule has 0 atom stereocenters. The van der Waals surface area contributed by atoms with Crippen molar-refractivity contribution >= 4 is 17.3 Å². The second-order valence-corrected chi connectivity index (χ2v) is 4.07. The molecule has 85 valence electrons. The molecule has 2 aromatic rings. The molecule has 0 saturated heterocycles. The molecule has 2 aromatic carbocycles. The van der Waals surface area contributed by atoms with Gasteiger partial charge in [0.25, 0.3) is 5.69 Å². The van der Waals surface area contributed by atoms with E-state index in [1.165, 1.54) is 12.1 Å². The smallest absolute Gasteiger partial charge is 0.258 e. The van der Waals surface area contributed by atoms with Crippen LogP contribution in [0.1, 0.15) is 11.1 Å². The number of nitro groups is 1. The van der Waals surface area contributed by atoms with E-state index < -0.39 is 4.92 Å². The first-order valence-corrected chi connectivity index (χ1v) is 5.42. The first-order valence-electron chi connectivity index (χ1n) is 5.04. The minimum atomic E-state index is -0.404. The Labute approximate surface area is 104 Å². The van der Waals surface area contributed by atoms with Gasteiger partial charge in [-0.2, -0.15) is 0 Å². The van der Waals surface area contributed by atoms with Crippen molar-refractivity contribution < 1.29 is 4.92 Å². The standard InChI is InChI=1S/C13H9ClNO2/c14-12-6-4-10(5-7-12)8-11-2-1-3-13(9-11)15(16)17/h1,3-7,9H,8H2. The zero-order valence-corrected chi connectivity index (χ0v) is 9.65. The minimum Gasteiger partial charge on any atom is -0.258 e. The third kappa shape index (κ3) is 3.04. The van der Waals surface area contributed by atoms with Crippen molar-refractivity contribution in [1.29, 1.82) is 0 Å². The zero-order valence-electron chi connectivity index (χ0n) is 8.89. The van der Waals surface area contributed by atoms with Gasteiger partial charge in [0, 0.05) is 17.2 Å². The third-order valence-corrected chi connectivity index (χ3v) is 2.62. The predicted molar refractivity (Wildman–Crippen MR) is 66.2 cm³/mol. The van der Waals surface area contributed by atoms with Gasteiger partial charge in [-0.15, -0.1) is 0 Å². The summed E-state index contributed by atoms with van der Waals surface area (Å²) in [5.74, 6) is 0. The number of halogens is 1. The lowest BCUT2D eigenvalue weighted by molar-refractivity contribution is -0.384. The average Bonchev–Trinajstić information content (AvgIpc) is 2.32. The Kier molecular flexibility index (Phi) is 3.40. The van der Waals surface area contributed by atoms with E-state index in [2.05, 4.69) is 6.07 Å². The van der Waals surface area contributed by atoms with Crippen LogP contribution >= 0.6 is 11.6 Å². The van der Waals surface area contributed by atoms with E-state index in [-0.39, 0.29) is 5.69 Å². The van der Waals surface area contributed by atoms with Gasteiger partial charge in [-0.25, -0.2) is 0 Å². The summed E-state index contributed by atoms with van der Waals surface area (Å²) in [5, 5.41) is 11.3. The van der Waals surface area contributed by atoms with Gasteiger partial charge in [0.1, 0.15) is 0 Å². The van der Waals surface area contributed by atoms with Gasteiger partial charge in [-0.3, -0.25) is 10.1 Å². The summed E-state index contributed by atoms with van der Waals surface area (Å²) in [4.78, 5) is 10.2. The SMILES string of the molecule is O=[N+]([O-])c1cc[c]c(Cc2ccc(Cl)cc2)c1. The van der Waals surface area contributed by atoms with Gasteiger partial charge in [0.2, 0.25) is 0 Å². The molecule has 0 N–H and O–H groups in total. The minimum absolute atomic E-state index is 0.0905. The highest BCUT2D eigenvalue weighted by Crippen LogP contribution is 2.17. The molecule has 17 heavy (non-hydrogen) atoms. The van der Waals surface area contributed by atoms with E-state index in [1.54, 1.807) is 18.2 Å². The Hall–Kier alpha value is -1.87. The van der Waals surface area contributed by atoms with Gasteiger partial charge < -0.3 is 0 Å². The van der Waals surface area contributed by atoms with Crippen LogP contribution in [0.3, 0.4) is 0 Å². The third-order valence-electron chi connectivity index (χ3n) is 2.36. The summed E-state index contributed by atoms with van der Waals surface area (Å²) < 4.78 is 0. The molecule has 0 fully saturated rings. The first kappa shape index (κ1) is 11.6.